The smallest absolute Gasteiger partial charge is 1.00 e. The van der Waals surface area contributed by atoms with Crippen LogP contribution < -0.4 is 31.3 Å². The maximum Gasteiger partial charge on any atom is 1.00 e. The molecule has 0 N–H and O–H groups in total. The molecule has 1 saturated carbocycles. The summed E-state index contributed by atoms with van der Waals surface area (Å²) in [7, 11) is 0. The summed E-state index contributed by atoms with van der Waals surface area (Å²) < 4.78 is 0. The fourth-order valence-corrected chi connectivity index (χ4v) is 1.99. The van der Waals surface area contributed by atoms with Gasteiger partial charge in [-0.2, -0.15) is 0 Å². The molecule has 0 aromatic carbocycles. The summed E-state index contributed by atoms with van der Waals surface area (Å²) in [6, 6.07) is 0. The maximum absolute atomic E-state index is 3.51. The normalized spacial score (nSPS) is 17.2. The van der Waals surface area contributed by atoms with Gasteiger partial charge in [-0.1, -0.05) is 35.2 Å². The van der Waals surface area contributed by atoms with Crippen molar-refractivity contribution in [2.24, 2.45) is 5.92 Å². The van der Waals surface area contributed by atoms with E-state index in [0.717, 1.165) is 5.92 Å². The van der Waals surface area contributed by atoms with Gasteiger partial charge in [-0.15, -0.1) is 0 Å². The van der Waals surface area contributed by atoms with E-state index < -0.39 is 0 Å². The van der Waals surface area contributed by atoms with E-state index in [-0.39, 0.29) is 50.7 Å². The minimum atomic E-state index is 0. The summed E-state index contributed by atoms with van der Waals surface area (Å²) in [6.07, 6.45) is 7.34. The van der Waals surface area contributed by atoms with Crippen LogP contribution in [0, 0.1) is 5.92 Å². The summed E-state index contributed by atoms with van der Waals surface area (Å²) >= 11 is 3.51. The van der Waals surface area contributed by atoms with E-state index in [9.17, 15) is 0 Å². The van der Waals surface area contributed by atoms with Crippen molar-refractivity contribution in [2.45, 2.75) is 32.1 Å². The molecular weight excluding hydrogens is 272 g/mol. The largest absolute Gasteiger partial charge is 1.00 e. The third kappa shape index (κ3) is 8.32. The zero-order valence-corrected chi connectivity index (χ0v) is 12.6. The van der Waals surface area contributed by atoms with Gasteiger partial charge in [0.1, 0.15) is 0 Å². The summed E-state index contributed by atoms with van der Waals surface area (Å²) in [5.74, 6) is 1.00. The number of alkyl halides is 1. The molecule has 0 aliphatic heterocycles. The SMILES string of the molecule is BrCC1CCCCC1.[Cl-].[Li+].[Zn]. The van der Waals surface area contributed by atoms with Gasteiger partial charge < -0.3 is 12.4 Å². The summed E-state index contributed by atoms with van der Waals surface area (Å²) in [5, 5.41) is 1.23. The van der Waals surface area contributed by atoms with E-state index in [1.165, 1.54) is 37.4 Å². The molecule has 0 saturated heterocycles. The Hall–Kier alpha value is 1.99. The monoisotopic (exact) mass is 282 g/mol. The van der Waals surface area contributed by atoms with Crippen molar-refractivity contribution in [1.29, 1.82) is 0 Å². The third-order valence-corrected chi connectivity index (χ3v) is 2.86. The van der Waals surface area contributed by atoms with Gasteiger partial charge in [0.2, 0.25) is 0 Å². The molecule has 0 atom stereocenters. The average molecular weight is 285 g/mol. The predicted octanol–water partition coefficient (Wildman–Crippen LogP) is -3.03. The van der Waals surface area contributed by atoms with Crippen LogP contribution in [-0.2, 0) is 19.5 Å². The third-order valence-electron chi connectivity index (χ3n) is 1.94. The second-order valence-electron chi connectivity index (χ2n) is 2.66. The van der Waals surface area contributed by atoms with Crippen LogP contribution >= 0.6 is 15.9 Å². The van der Waals surface area contributed by atoms with E-state index in [2.05, 4.69) is 15.9 Å². The van der Waals surface area contributed by atoms with E-state index in [1.807, 2.05) is 0 Å². The fourth-order valence-electron chi connectivity index (χ4n) is 1.34. The molecule has 1 aliphatic carbocycles. The molecule has 11 heavy (non-hydrogen) atoms. The quantitative estimate of drug-likeness (QED) is 0.355. The minimum Gasteiger partial charge on any atom is -1.00 e. The Morgan fingerprint density at radius 3 is 1.82 bits per heavy atom. The van der Waals surface area contributed by atoms with Gasteiger partial charge in [0, 0.05) is 24.8 Å². The van der Waals surface area contributed by atoms with Gasteiger partial charge in [0.25, 0.3) is 0 Å². The molecule has 0 amide bonds. The molecule has 0 bridgehead atoms. The first-order valence-electron chi connectivity index (χ1n) is 3.49. The molecule has 0 nitrogen and oxygen atoms in total. The molecule has 0 radical (unpaired) electrons. The topological polar surface area (TPSA) is 0 Å². The Labute approximate surface area is 109 Å². The first-order valence-corrected chi connectivity index (χ1v) is 4.61. The minimum absolute atomic E-state index is 0. The van der Waals surface area contributed by atoms with Gasteiger partial charge in [0.15, 0.2) is 0 Å². The van der Waals surface area contributed by atoms with Gasteiger partial charge >= 0.3 is 18.9 Å². The standard InChI is InChI=1S/C7H13Br.ClH.Li.Zn/c8-6-7-4-2-1-3-5-7;;;/h7H,1-6H2;1H;;/q;;+1;/p-1. The van der Waals surface area contributed by atoms with Crippen LogP contribution in [0.5, 0.6) is 0 Å². The van der Waals surface area contributed by atoms with Crippen molar-refractivity contribution in [1.82, 2.24) is 0 Å². The zero-order valence-electron chi connectivity index (χ0n) is 7.28. The van der Waals surface area contributed by atoms with E-state index in [4.69, 9.17) is 0 Å². The molecule has 0 spiro atoms. The molecular formula is C7H13BrClLiZn. The fraction of sp³-hybridized carbons (Fsp3) is 1.00. The van der Waals surface area contributed by atoms with Crippen molar-refractivity contribution < 1.29 is 50.7 Å². The van der Waals surface area contributed by atoms with Crippen molar-refractivity contribution in [3.63, 3.8) is 0 Å². The Morgan fingerprint density at radius 2 is 1.55 bits per heavy atom. The van der Waals surface area contributed by atoms with Gasteiger partial charge in [-0.05, 0) is 18.8 Å². The predicted molar refractivity (Wildman–Crippen MR) is 40.4 cm³/mol. The van der Waals surface area contributed by atoms with Gasteiger partial charge in [0.05, 0.1) is 0 Å². The van der Waals surface area contributed by atoms with Crippen LogP contribution in [0.2, 0.25) is 0 Å². The summed E-state index contributed by atoms with van der Waals surface area (Å²) in [6.45, 7) is 0. The molecule has 0 unspecified atom stereocenters. The Kier molecular flexibility index (Phi) is 20.4. The van der Waals surface area contributed by atoms with Crippen LogP contribution in [0.3, 0.4) is 0 Å². The molecule has 4 heteroatoms. The van der Waals surface area contributed by atoms with Crippen molar-refractivity contribution in [3.8, 4) is 0 Å². The van der Waals surface area contributed by atoms with E-state index in [1.54, 1.807) is 0 Å². The van der Waals surface area contributed by atoms with Crippen LogP contribution in [-0.4, -0.2) is 5.33 Å². The van der Waals surface area contributed by atoms with Gasteiger partial charge in [-0.25, -0.2) is 0 Å². The first kappa shape index (κ1) is 18.7. The summed E-state index contributed by atoms with van der Waals surface area (Å²) in [4.78, 5) is 0. The number of rotatable bonds is 1. The average Bonchev–Trinajstić information content (AvgIpc) is 1.90. The first-order chi connectivity index (χ1) is 3.93. The Bertz CT molecular complexity index is 69.5. The molecule has 58 valence electrons. The van der Waals surface area contributed by atoms with Crippen molar-refractivity contribution in [2.75, 3.05) is 5.33 Å². The number of halogens is 2. The van der Waals surface area contributed by atoms with Crippen molar-refractivity contribution in [3.05, 3.63) is 0 Å². The van der Waals surface area contributed by atoms with Crippen molar-refractivity contribution >= 4 is 15.9 Å². The van der Waals surface area contributed by atoms with Crippen LogP contribution in [0.1, 0.15) is 32.1 Å². The van der Waals surface area contributed by atoms with E-state index in [0.29, 0.717) is 0 Å². The Morgan fingerprint density at radius 1 is 1.09 bits per heavy atom. The Balaban J connectivity index is -0.000000213. The molecule has 1 rings (SSSR count). The molecule has 0 aromatic heterocycles. The maximum atomic E-state index is 3.51. The number of hydrogen-bond acceptors (Lipinski definition) is 0. The zero-order chi connectivity index (χ0) is 5.82. The number of hydrogen-bond donors (Lipinski definition) is 0. The second-order valence-corrected chi connectivity index (χ2v) is 3.31. The van der Waals surface area contributed by atoms with Crippen LogP contribution in [0.15, 0.2) is 0 Å². The molecule has 0 aromatic rings. The summed E-state index contributed by atoms with van der Waals surface area (Å²) in [5.41, 5.74) is 0. The van der Waals surface area contributed by atoms with E-state index >= 15 is 0 Å². The molecule has 1 aliphatic rings. The van der Waals surface area contributed by atoms with Crippen LogP contribution in [0.4, 0.5) is 0 Å². The molecule has 1 fully saturated rings. The van der Waals surface area contributed by atoms with Crippen LogP contribution in [0.25, 0.3) is 0 Å². The van der Waals surface area contributed by atoms with Gasteiger partial charge in [-0.3, -0.25) is 0 Å². The molecule has 0 heterocycles. The second kappa shape index (κ2) is 12.0.